The number of hydrogen-bond acceptors (Lipinski definition) is 4. The van der Waals surface area contributed by atoms with Crippen molar-refractivity contribution in [3.63, 3.8) is 0 Å². The molecule has 0 aliphatic heterocycles. The zero-order valence-electron chi connectivity index (χ0n) is 11.6. The second-order valence-electron chi connectivity index (χ2n) is 4.26. The number of carboxylic acids is 1. The quantitative estimate of drug-likeness (QED) is 0.851. The summed E-state index contributed by atoms with van der Waals surface area (Å²) >= 11 is 5.80. The van der Waals surface area contributed by atoms with Gasteiger partial charge in [-0.1, -0.05) is 24.6 Å². The molecule has 2 aromatic rings. The molecule has 0 atom stereocenters. The highest BCUT2D eigenvalue weighted by Gasteiger charge is 2.12. The van der Waals surface area contributed by atoms with Crippen LogP contribution in [0.2, 0.25) is 5.15 Å². The number of methoxy groups -OCH3 is 1. The Labute approximate surface area is 127 Å². The lowest BCUT2D eigenvalue weighted by molar-refractivity contribution is 0.0696. The van der Waals surface area contributed by atoms with E-state index in [9.17, 15) is 4.79 Å². The topological polar surface area (TPSA) is 68.7 Å². The normalized spacial score (nSPS) is 10.2. The zero-order chi connectivity index (χ0) is 15.4. The van der Waals surface area contributed by atoms with Crippen LogP contribution < -0.4 is 9.47 Å². The molecule has 0 saturated heterocycles. The summed E-state index contributed by atoms with van der Waals surface area (Å²) in [4.78, 5) is 15.0. The minimum Gasteiger partial charge on any atom is -0.493 e. The molecule has 0 unspecified atom stereocenters. The lowest BCUT2D eigenvalue weighted by Gasteiger charge is -2.11. The number of hydrogen-bond donors (Lipinski definition) is 1. The van der Waals surface area contributed by atoms with Gasteiger partial charge < -0.3 is 14.6 Å². The second-order valence-corrected chi connectivity index (χ2v) is 4.65. The number of aryl methyl sites for hydroxylation is 1. The van der Waals surface area contributed by atoms with Gasteiger partial charge in [0.05, 0.1) is 12.7 Å². The third-order valence-electron chi connectivity index (χ3n) is 2.87. The van der Waals surface area contributed by atoms with Crippen LogP contribution in [0.15, 0.2) is 30.3 Å². The number of aromatic carboxylic acids is 1. The summed E-state index contributed by atoms with van der Waals surface area (Å²) in [7, 11) is 1.54. The van der Waals surface area contributed by atoms with E-state index in [0.29, 0.717) is 11.5 Å². The van der Waals surface area contributed by atoms with Gasteiger partial charge in [-0.2, -0.15) is 0 Å². The van der Waals surface area contributed by atoms with E-state index in [1.165, 1.54) is 19.2 Å². The highest BCUT2D eigenvalue weighted by atomic mass is 35.5. The summed E-state index contributed by atoms with van der Waals surface area (Å²) in [6.07, 6.45) is 0.870. The van der Waals surface area contributed by atoms with E-state index in [1.807, 2.05) is 19.1 Å². The Hall–Kier alpha value is -2.27. The lowest BCUT2D eigenvalue weighted by Crippen LogP contribution is -1.99. The molecule has 0 spiro atoms. The first-order valence-electron chi connectivity index (χ1n) is 6.29. The average Bonchev–Trinajstić information content (AvgIpc) is 2.47. The molecular formula is C15H14ClNO4. The number of halogens is 1. The number of rotatable bonds is 5. The van der Waals surface area contributed by atoms with Gasteiger partial charge in [0.25, 0.3) is 0 Å². The van der Waals surface area contributed by atoms with Crippen LogP contribution in [0.1, 0.15) is 22.8 Å². The molecule has 1 heterocycles. The second kappa shape index (κ2) is 6.45. The van der Waals surface area contributed by atoms with E-state index >= 15 is 0 Å². The summed E-state index contributed by atoms with van der Waals surface area (Å²) < 4.78 is 10.9. The van der Waals surface area contributed by atoms with E-state index in [0.717, 1.165) is 12.0 Å². The first-order chi connectivity index (χ1) is 10.0. The molecule has 2 rings (SSSR count). The summed E-state index contributed by atoms with van der Waals surface area (Å²) in [5.41, 5.74) is 1.11. The monoisotopic (exact) mass is 307 g/mol. The molecule has 1 aromatic heterocycles. The Morgan fingerprint density at radius 3 is 2.67 bits per heavy atom. The van der Waals surface area contributed by atoms with Crippen LogP contribution in [-0.2, 0) is 6.42 Å². The van der Waals surface area contributed by atoms with Gasteiger partial charge in [0.2, 0.25) is 5.88 Å². The fourth-order valence-electron chi connectivity index (χ4n) is 1.78. The highest BCUT2D eigenvalue weighted by molar-refractivity contribution is 6.29. The van der Waals surface area contributed by atoms with Gasteiger partial charge in [-0.25, -0.2) is 9.78 Å². The van der Waals surface area contributed by atoms with Crippen molar-refractivity contribution in [3.8, 4) is 17.4 Å². The van der Waals surface area contributed by atoms with Crippen molar-refractivity contribution in [1.29, 1.82) is 0 Å². The third-order valence-corrected chi connectivity index (χ3v) is 3.06. The van der Waals surface area contributed by atoms with Crippen molar-refractivity contribution in [2.24, 2.45) is 0 Å². The Kier molecular flexibility index (Phi) is 4.65. The van der Waals surface area contributed by atoms with Crippen molar-refractivity contribution < 1.29 is 19.4 Å². The zero-order valence-corrected chi connectivity index (χ0v) is 12.3. The van der Waals surface area contributed by atoms with Crippen LogP contribution >= 0.6 is 11.6 Å². The lowest BCUT2D eigenvalue weighted by atomic mass is 10.1. The fourth-order valence-corrected chi connectivity index (χ4v) is 1.98. The van der Waals surface area contributed by atoms with Crippen LogP contribution in [0.5, 0.6) is 17.4 Å². The van der Waals surface area contributed by atoms with E-state index in [2.05, 4.69) is 4.98 Å². The summed E-state index contributed by atoms with van der Waals surface area (Å²) in [5, 5.41) is 9.05. The van der Waals surface area contributed by atoms with Crippen molar-refractivity contribution in [2.45, 2.75) is 13.3 Å². The molecular weight excluding hydrogens is 294 g/mol. The van der Waals surface area contributed by atoms with Gasteiger partial charge in [-0.15, -0.1) is 0 Å². The van der Waals surface area contributed by atoms with E-state index in [-0.39, 0.29) is 16.6 Å². The molecule has 0 bridgehead atoms. The fraction of sp³-hybridized carbons (Fsp3) is 0.200. The van der Waals surface area contributed by atoms with Crippen LogP contribution in [-0.4, -0.2) is 23.2 Å². The van der Waals surface area contributed by atoms with E-state index in [4.69, 9.17) is 26.2 Å². The third kappa shape index (κ3) is 3.64. The van der Waals surface area contributed by atoms with Crippen molar-refractivity contribution in [1.82, 2.24) is 4.98 Å². The highest BCUT2D eigenvalue weighted by Crippen LogP contribution is 2.32. The molecule has 0 amide bonds. The molecule has 0 aliphatic rings. The molecule has 21 heavy (non-hydrogen) atoms. The number of ether oxygens (including phenoxy) is 2. The van der Waals surface area contributed by atoms with Crippen molar-refractivity contribution in [3.05, 3.63) is 46.6 Å². The maximum atomic E-state index is 11.0. The molecule has 1 N–H and O–H groups in total. The summed E-state index contributed by atoms with van der Waals surface area (Å²) in [5.74, 6) is -0.00583. The van der Waals surface area contributed by atoms with Gasteiger partial charge in [0, 0.05) is 6.07 Å². The predicted octanol–water partition coefficient (Wildman–Crippen LogP) is 3.80. The number of pyridine rings is 1. The van der Waals surface area contributed by atoms with Gasteiger partial charge in [-0.05, 0) is 30.2 Å². The van der Waals surface area contributed by atoms with Crippen LogP contribution in [0.3, 0.4) is 0 Å². The molecule has 110 valence electrons. The Bertz CT molecular complexity index is 673. The van der Waals surface area contributed by atoms with Crippen molar-refractivity contribution in [2.75, 3.05) is 7.11 Å². The SMILES string of the molecule is CCc1ccc(Oc2cc(C(=O)O)cc(Cl)n2)c(OC)c1. The first-order valence-corrected chi connectivity index (χ1v) is 6.67. The molecule has 6 heteroatoms. The van der Waals surface area contributed by atoms with Crippen LogP contribution in [0.25, 0.3) is 0 Å². The molecule has 5 nitrogen and oxygen atoms in total. The van der Waals surface area contributed by atoms with Gasteiger partial charge >= 0.3 is 5.97 Å². The van der Waals surface area contributed by atoms with Crippen LogP contribution in [0, 0.1) is 0 Å². The van der Waals surface area contributed by atoms with Crippen LogP contribution in [0.4, 0.5) is 0 Å². The smallest absolute Gasteiger partial charge is 0.335 e. The Morgan fingerprint density at radius 2 is 2.05 bits per heavy atom. The van der Waals surface area contributed by atoms with Crippen molar-refractivity contribution >= 4 is 17.6 Å². The van der Waals surface area contributed by atoms with Gasteiger partial charge in [-0.3, -0.25) is 0 Å². The van der Waals surface area contributed by atoms with E-state index < -0.39 is 5.97 Å². The maximum absolute atomic E-state index is 11.0. The molecule has 0 aliphatic carbocycles. The average molecular weight is 308 g/mol. The molecule has 0 radical (unpaired) electrons. The van der Waals surface area contributed by atoms with Gasteiger partial charge in [0.1, 0.15) is 5.15 Å². The van der Waals surface area contributed by atoms with E-state index in [1.54, 1.807) is 6.07 Å². The first kappa shape index (κ1) is 15.1. The predicted molar refractivity (Wildman–Crippen MR) is 78.7 cm³/mol. The standard InChI is InChI=1S/C15H14ClNO4/c1-3-9-4-5-11(12(6-9)20-2)21-14-8-10(15(18)19)7-13(16)17-14/h4-8H,3H2,1-2H3,(H,18,19). The number of benzene rings is 1. The maximum Gasteiger partial charge on any atom is 0.335 e. The minimum atomic E-state index is -1.10. The minimum absolute atomic E-state index is 0.00847. The number of nitrogens with zero attached hydrogens (tertiary/aromatic N) is 1. The molecule has 0 saturated carbocycles. The van der Waals surface area contributed by atoms with Gasteiger partial charge in [0.15, 0.2) is 11.5 Å². The number of aromatic nitrogens is 1. The molecule has 1 aromatic carbocycles. The largest absolute Gasteiger partial charge is 0.493 e. The molecule has 0 fully saturated rings. The summed E-state index contributed by atoms with van der Waals surface area (Å²) in [6, 6.07) is 8.08. The number of carbonyl (C=O) groups is 1. The number of carboxylic acid groups (broad SMARTS) is 1. The Balaban J connectivity index is 2.35. The summed E-state index contributed by atoms with van der Waals surface area (Å²) in [6.45, 7) is 2.03. The Morgan fingerprint density at radius 1 is 1.29 bits per heavy atom.